The van der Waals surface area contributed by atoms with Gasteiger partial charge in [0.1, 0.15) is 17.9 Å². The highest BCUT2D eigenvalue weighted by Crippen LogP contribution is 2.39. The van der Waals surface area contributed by atoms with Crippen LogP contribution in [0.3, 0.4) is 0 Å². The van der Waals surface area contributed by atoms with Crippen molar-refractivity contribution in [1.29, 1.82) is 0 Å². The molecule has 6 rings (SSSR count). The van der Waals surface area contributed by atoms with E-state index in [-0.39, 0.29) is 24.5 Å². The molecule has 3 amide bonds. The minimum Gasteiger partial charge on any atom is -0.454 e. The van der Waals surface area contributed by atoms with Crippen molar-refractivity contribution in [3.63, 3.8) is 0 Å². The lowest BCUT2D eigenvalue weighted by molar-refractivity contribution is -0.148. The Labute approximate surface area is 235 Å². The van der Waals surface area contributed by atoms with Gasteiger partial charge < -0.3 is 19.7 Å². The van der Waals surface area contributed by atoms with Crippen LogP contribution in [0, 0.1) is 5.82 Å². The molecule has 1 aliphatic carbocycles. The van der Waals surface area contributed by atoms with Gasteiger partial charge in [-0.15, -0.1) is 0 Å². The van der Waals surface area contributed by atoms with Gasteiger partial charge in [0.25, 0.3) is 11.7 Å². The SMILES string of the molecule is O=C1C(=O)N(CC(=O)N(Cc2ccccc2F)C2(C(=O)Nc3ccc4c(c3)OCO4)CCCCC2)c2ccccc21. The molecule has 0 radical (unpaired) electrons. The normalized spacial score (nSPS) is 16.9. The summed E-state index contributed by atoms with van der Waals surface area (Å²) in [6.45, 7) is -0.560. The Hall–Kier alpha value is -4.73. The highest BCUT2D eigenvalue weighted by atomic mass is 19.1. The number of halogens is 1. The quantitative estimate of drug-likeness (QED) is 0.431. The summed E-state index contributed by atoms with van der Waals surface area (Å²) >= 11 is 0. The van der Waals surface area contributed by atoms with Crippen LogP contribution in [0.2, 0.25) is 0 Å². The minimum atomic E-state index is -1.32. The second-order valence-corrected chi connectivity index (χ2v) is 10.4. The van der Waals surface area contributed by atoms with Crippen LogP contribution in [0.25, 0.3) is 0 Å². The number of Topliss-reactive ketones (excluding diaryl/α,β-unsaturated/α-hetero) is 1. The zero-order valence-corrected chi connectivity index (χ0v) is 22.2. The highest BCUT2D eigenvalue weighted by molar-refractivity contribution is 6.52. The Kier molecular flexibility index (Phi) is 6.90. The lowest BCUT2D eigenvalue weighted by atomic mass is 9.78. The Bertz CT molecular complexity index is 1550. The number of amides is 3. The summed E-state index contributed by atoms with van der Waals surface area (Å²) in [6.07, 6.45) is 2.95. The maximum absolute atomic E-state index is 14.9. The molecule has 0 bridgehead atoms. The molecule has 3 aromatic carbocycles. The molecule has 1 fully saturated rings. The average Bonchev–Trinajstić information content (AvgIpc) is 3.55. The average molecular weight is 558 g/mol. The van der Waals surface area contributed by atoms with E-state index < -0.39 is 41.4 Å². The molecule has 9 nitrogen and oxygen atoms in total. The van der Waals surface area contributed by atoms with E-state index in [9.17, 15) is 23.6 Å². The number of fused-ring (bicyclic) bond motifs is 2. The van der Waals surface area contributed by atoms with Crippen LogP contribution in [0.4, 0.5) is 15.8 Å². The molecule has 0 saturated heterocycles. The molecule has 3 aliphatic rings. The maximum Gasteiger partial charge on any atom is 0.299 e. The van der Waals surface area contributed by atoms with E-state index in [4.69, 9.17) is 9.47 Å². The van der Waals surface area contributed by atoms with Gasteiger partial charge in [0.05, 0.1) is 11.3 Å². The lowest BCUT2D eigenvalue weighted by Gasteiger charge is -2.45. The first-order valence-corrected chi connectivity index (χ1v) is 13.6. The Morgan fingerprint density at radius 1 is 0.927 bits per heavy atom. The number of anilines is 2. The molecule has 0 unspecified atom stereocenters. The zero-order valence-electron chi connectivity index (χ0n) is 22.2. The molecule has 2 aliphatic heterocycles. The first-order chi connectivity index (χ1) is 19.9. The number of carbonyl (C=O) groups excluding carboxylic acids is 4. The Balaban J connectivity index is 1.36. The van der Waals surface area contributed by atoms with Crippen LogP contribution in [-0.4, -0.2) is 47.3 Å². The van der Waals surface area contributed by atoms with Gasteiger partial charge in [0.15, 0.2) is 11.5 Å². The number of benzene rings is 3. The first-order valence-electron chi connectivity index (χ1n) is 13.6. The number of rotatable bonds is 7. The molecule has 210 valence electrons. The van der Waals surface area contributed by atoms with Crippen molar-refractivity contribution >= 4 is 34.9 Å². The first kappa shape index (κ1) is 26.5. The van der Waals surface area contributed by atoms with E-state index in [0.29, 0.717) is 48.6 Å². The minimum absolute atomic E-state index is 0.0858. The van der Waals surface area contributed by atoms with Gasteiger partial charge in [-0.1, -0.05) is 49.6 Å². The number of nitrogens with one attached hydrogen (secondary N) is 1. The number of ketones is 1. The van der Waals surface area contributed by atoms with Gasteiger partial charge >= 0.3 is 0 Å². The molecule has 2 heterocycles. The molecule has 0 aromatic heterocycles. The second kappa shape index (κ2) is 10.7. The van der Waals surface area contributed by atoms with Crippen molar-refractivity contribution in [2.75, 3.05) is 23.6 Å². The smallest absolute Gasteiger partial charge is 0.299 e. The van der Waals surface area contributed by atoms with E-state index >= 15 is 0 Å². The van der Waals surface area contributed by atoms with E-state index in [1.807, 2.05) is 0 Å². The summed E-state index contributed by atoms with van der Waals surface area (Å²) in [6, 6.07) is 17.6. The second-order valence-electron chi connectivity index (χ2n) is 10.4. The number of para-hydroxylation sites is 1. The molecule has 41 heavy (non-hydrogen) atoms. The predicted octanol–water partition coefficient (Wildman–Crippen LogP) is 4.45. The van der Waals surface area contributed by atoms with Crippen molar-refractivity contribution in [2.45, 2.75) is 44.2 Å². The topological polar surface area (TPSA) is 105 Å². The van der Waals surface area contributed by atoms with Gasteiger partial charge in [0, 0.05) is 23.9 Å². The van der Waals surface area contributed by atoms with Crippen LogP contribution in [0.5, 0.6) is 11.5 Å². The third kappa shape index (κ3) is 4.79. The molecule has 1 saturated carbocycles. The molecular weight excluding hydrogens is 529 g/mol. The number of nitrogens with zero attached hydrogens (tertiary/aromatic N) is 2. The molecule has 10 heteroatoms. The largest absolute Gasteiger partial charge is 0.454 e. The summed E-state index contributed by atoms with van der Waals surface area (Å²) in [5.41, 5.74) is -0.0500. The fourth-order valence-corrected chi connectivity index (χ4v) is 5.88. The molecule has 0 atom stereocenters. The van der Waals surface area contributed by atoms with Crippen molar-refractivity contribution < 1.29 is 33.0 Å². The van der Waals surface area contributed by atoms with Gasteiger partial charge in [-0.3, -0.25) is 24.1 Å². The van der Waals surface area contributed by atoms with Gasteiger partial charge in [0.2, 0.25) is 18.6 Å². The zero-order chi connectivity index (χ0) is 28.6. The molecule has 1 N–H and O–H groups in total. The summed E-state index contributed by atoms with van der Waals surface area (Å²) in [4.78, 5) is 56.4. The van der Waals surface area contributed by atoms with Crippen molar-refractivity contribution in [3.8, 4) is 11.5 Å². The highest BCUT2D eigenvalue weighted by Gasteiger charge is 2.48. The van der Waals surface area contributed by atoms with Crippen molar-refractivity contribution in [3.05, 3.63) is 83.7 Å². The standard InChI is InChI=1S/C31H28FN3O6/c32-23-10-4-2-8-20(23)17-35(27(36)18-34-24-11-5-3-9-22(24)28(37)29(34)38)31(14-6-1-7-15-31)30(39)33-21-12-13-25-26(16-21)41-19-40-25/h2-5,8-13,16H,1,6-7,14-15,17-19H2,(H,33,39). The predicted molar refractivity (Wildman–Crippen MR) is 147 cm³/mol. The molecular formula is C31H28FN3O6. The number of hydrogen-bond acceptors (Lipinski definition) is 6. The lowest BCUT2D eigenvalue weighted by Crippen LogP contribution is -2.61. The van der Waals surface area contributed by atoms with Crippen LogP contribution >= 0.6 is 0 Å². The summed E-state index contributed by atoms with van der Waals surface area (Å²) < 4.78 is 25.7. The molecule has 3 aromatic rings. The number of carbonyl (C=O) groups is 4. The third-order valence-corrected chi connectivity index (χ3v) is 8.01. The monoisotopic (exact) mass is 557 g/mol. The van der Waals surface area contributed by atoms with E-state index in [1.54, 1.807) is 60.7 Å². The summed E-state index contributed by atoms with van der Waals surface area (Å²) in [5, 5.41) is 2.95. The van der Waals surface area contributed by atoms with Crippen LogP contribution < -0.4 is 19.7 Å². The van der Waals surface area contributed by atoms with Crippen LogP contribution in [0.1, 0.15) is 48.0 Å². The van der Waals surface area contributed by atoms with Crippen molar-refractivity contribution in [1.82, 2.24) is 4.90 Å². The van der Waals surface area contributed by atoms with E-state index in [2.05, 4.69) is 5.32 Å². The van der Waals surface area contributed by atoms with E-state index in [1.165, 1.54) is 11.0 Å². The Morgan fingerprint density at radius 2 is 1.66 bits per heavy atom. The van der Waals surface area contributed by atoms with Crippen molar-refractivity contribution in [2.24, 2.45) is 0 Å². The van der Waals surface area contributed by atoms with Gasteiger partial charge in [-0.25, -0.2) is 4.39 Å². The van der Waals surface area contributed by atoms with Crippen LogP contribution in [0.15, 0.2) is 66.7 Å². The number of ether oxygens (including phenoxy) is 2. The summed E-state index contributed by atoms with van der Waals surface area (Å²) in [5.74, 6) is -1.92. The Morgan fingerprint density at radius 3 is 2.46 bits per heavy atom. The van der Waals surface area contributed by atoms with Crippen LogP contribution in [-0.2, 0) is 20.9 Å². The molecule has 0 spiro atoms. The maximum atomic E-state index is 14.9. The van der Waals surface area contributed by atoms with Gasteiger partial charge in [-0.05, 0) is 43.2 Å². The number of hydrogen-bond donors (Lipinski definition) is 1. The fourth-order valence-electron chi connectivity index (χ4n) is 5.88. The third-order valence-electron chi connectivity index (χ3n) is 8.01. The summed E-state index contributed by atoms with van der Waals surface area (Å²) in [7, 11) is 0. The fraction of sp³-hybridized carbons (Fsp3) is 0.290. The van der Waals surface area contributed by atoms with Gasteiger partial charge in [-0.2, -0.15) is 0 Å². The van der Waals surface area contributed by atoms with E-state index in [0.717, 1.165) is 11.3 Å².